The highest BCUT2D eigenvalue weighted by Crippen LogP contribution is 2.29. The Balaban J connectivity index is 1.37. The Labute approximate surface area is 181 Å². The van der Waals surface area contributed by atoms with Crippen LogP contribution < -0.4 is 5.56 Å². The number of hydrogen-bond acceptors (Lipinski definition) is 3. The molecular weight excluding hydrogens is 384 g/mol. The van der Waals surface area contributed by atoms with E-state index in [4.69, 9.17) is 4.98 Å². The molecule has 0 aliphatic carbocycles. The van der Waals surface area contributed by atoms with E-state index in [0.29, 0.717) is 6.54 Å². The zero-order valence-electron chi connectivity index (χ0n) is 17.6. The Bertz CT molecular complexity index is 1330. The number of pyridine rings is 1. The first-order chi connectivity index (χ1) is 15.0. The predicted octanol–water partition coefficient (Wildman–Crippen LogP) is 5.04. The molecule has 2 aromatic heterocycles. The van der Waals surface area contributed by atoms with Crippen molar-refractivity contribution in [3.63, 3.8) is 0 Å². The van der Waals surface area contributed by atoms with E-state index in [1.807, 2.05) is 18.3 Å². The van der Waals surface area contributed by atoms with Crippen molar-refractivity contribution in [2.75, 3.05) is 0 Å². The van der Waals surface area contributed by atoms with Crippen LogP contribution >= 0.6 is 0 Å². The highest BCUT2D eigenvalue weighted by molar-refractivity contribution is 5.71. The molecule has 5 nitrogen and oxygen atoms in total. The molecule has 0 bridgehead atoms. The molecule has 0 saturated heterocycles. The van der Waals surface area contributed by atoms with Gasteiger partial charge in [0.2, 0.25) is 5.56 Å². The molecule has 154 valence electrons. The van der Waals surface area contributed by atoms with Crippen LogP contribution in [0.2, 0.25) is 0 Å². The van der Waals surface area contributed by atoms with Crippen LogP contribution in [0.3, 0.4) is 0 Å². The van der Waals surface area contributed by atoms with Crippen molar-refractivity contribution in [1.29, 1.82) is 0 Å². The lowest BCUT2D eigenvalue weighted by atomic mass is 9.99. The summed E-state index contributed by atoms with van der Waals surface area (Å²) in [6.45, 7) is 5.59. The number of nitrogens with zero attached hydrogens (tertiary/aromatic N) is 2. The molecule has 0 saturated carbocycles. The van der Waals surface area contributed by atoms with Crippen molar-refractivity contribution in [1.82, 2.24) is 19.9 Å². The van der Waals surface area contributed by atoms with E-state index in [1.54, 1.807) is 6.07 Å². The summed E-state index contributed by atoms with van der Waals surface area (Å²) in [7, 11) is 0. The fraction of sp³-hybridized carbons (Fsp3) is 0.154. The summed E-state index contributed by atoms with van der Waals surface area (Å²) in [5.74, 6) is 0.887. The van der Waals surface area contributed by atoms with E-state index in [0.717, 1.165) is 35.0 Å². The molecule has 3 heterocycles. The van der Waals surface area contributed by atoms with E-state index in [1.165, 1.54) is 28.3 Å². The minimum absolute atomic E-state index is 0.0763. The molecule has 0 amide bonds. The van der Waals surface area contributed by atoms with Gasteiger partial charge in [-0.2, -0.15) is 0 Å². The molecule has 2 N–H and O–H groups in total. The lowest BCUT2D eigenvalue weighted by Crippen LogP contribution is -2.21. The van der Waals surface area contributed by atoms with Gasteiger partial charge in [-0.15, -0.1) is 0 Å². The lowest BCUT2D eigenvalue weighted by molar-refractivity contribution is 0.350. The molecule has 0 fully saturated rings. The zero-order valence-corrected chi connectivity index (χ0v) is 17.6. The van der Waals surface area contributed by atoms with Gasteiger partial charge in [0.25, 0.3) is 0 Å². The molecule has 31 heavy (non-hydrogen) atoms. The number of fused-ring (bicyclic) bond motifs is 1. The molecule has 4 aromatic rings. The van der Waals surface area contributed by atoms with E-state index in [9.17, 15) is 4.79 Å². The molecule has 0 atom stereocenters. The summed E-state index contributed by atoms with van der Waals surface area (Å²) >= 11 is 0. The molecule has 0 spiro atoms. The minimum atomic E-state index is -0.0763. The van der Waals surface area contributed by atoms with Gasteiger partial charge in [-0.1, -0.05) is 54.1 Å². The number of nitrogens with one attached hydrogen (secondary N) is 2. The number of benzene rings is 2. The maximum absolute atomic E-state index is 11.5. The Morgan fingerprint density at radius 3 is 2.55 bits per heavy atom. The van der Waals surface area contributed by atoms with Crippen molar-refractivity contribution in [3.05, 3.63) is 105 Å². The standard InChI is InChI=1S/C26H24N4O/c1-17-6-8-19(9-7-17)20-10-11-22(18(2)14-20)26-28-23-12-13-30(16-24(23)29-26)15-21-4-3-5-25(31)27-21/h3-14H,15-16H2,1-2H3,(H,27,31)(H,28,29). The Morgan fingerprint density at radius 2 is 1.77 bits per heavy atom. The second-order valence-corrected chi connectivity index (χ2v) is 8.11. The second kappa shape index (κ2) is 7.76. The van der Waals surface area contributed by atoms with Gasteiger partial charge >= 0.3 is 0 Å². The largest absolute Gasteiger partial charge is 0.366 e. The van der Waals surface area contributed by atoms with Crippen molar-refractivity contribution < 1.29 is 0 Å². The molecule has 5 heteroatoms. The zero-order chi connectivity index (χ0) is 21.4. The number of aromatic amines is 2. The maximum atomic E-state index is 11.5. The molecular formula is C26H24N4O. The summed E-state index contributed by atoms with van der Waals surface area (Å²) in [6.07, 6.45) is 4.06. The Hall–Kier alpha value is -3.86. The van der Waals surface area contributed by atoms with Gasteiger partial charge < -0.3 is 14.9 Å². The van der Waals surface area contributed by atoms with Crippen LogP contribution in [-0.2, 0) is 13.1 Å². The van der Waals surface area contributed by atoms with E-state index >= 15 is 0 Å². The van der Waals surface area contributed by atoms with Gasteiger partial charge in [-0.05, 0) is 42.7 Å². The van der Waals surface area contributed by atoms with Gasteiger partial charge in [0.05, 0.1) is 24.5 Å². The number of imidazole rings is 1. The summed E-state index contributed by atoms with van der Waals surface area (Å²) in [6, 6.07) is 20.4. The van der Waals surface area contributed by atoms with Crippen LogP contribution in [-0.4, -0.2) is 19.9 Å². The summed E-state index contributed by atoms with van der Waals surface area (Å²) in [5.41, 5.74) is 8.85. The van der Waals surface area contributed by atoms with Crippen LogP contribution in [0.4, 0.5) is 0 Å². The van der Waals surface area contributed by atoms with Gasteiger partial charge in [-0.25, -0.2) is 4.98 Å². The topological polar surface area (TPSA) is 64.8 Å². The average molecular weight is 409 g/mol. The van der Waals surface area contributed by atoms with Crippen molar-refractivity contribution in [2.24, 2.45) is 0 Å². The van der Waals surface area contributed by atoms with Gasteiger partial charge in [0.1, 0.15) is 5.82 Å². The molecule has 1 aliphatic heterocycles. The first-order valence-electron chi connectivity index (χ1n) is 10.4. The normalized spacial score (nSPS) is 12.8. The fourth-order valence-electron chi connectivity index (χ4n) is 4.01. The lowest BCUT2D eigenvalue weighted by Gasteiger charge is -2.22. The highest BCUT2D eigenvalue weighted by Gasteiger charge is 2.17. The Kier molecular flexibility index (Phi) is 4.79. The van der Waals surface area contributed by atoms with Gasteiger partial charge in [0.15, 0.2) is 0 Å². The number of hydrogen-bond donors (Lipinski definition) is 2. The van der Waals surface area contributed by atoms with Crippen LogP contribution in [0, 0.1) is 13.8 Å². The first-order valence-corrected chi connectivity index (χ1v) is 10.4. The number of aromatic nitrogens is 3. The van der Waals surface area contributed by atoms with Crippen molar-refractivity contribution >= 4 is 6.08 Å². The molecule has 0 unspecified atom stereocenters. The highest BCUT2D eigenvalue weighted by atomic mass is 16.1. The third-order valence-electron chi connectivity index (χ3n) is 5.68. The average Bonchev–Trinajstić information content (AvgIpc) is 3.17. The quantitative estimate of drug-likeness (QED) is 0.497. The van der Waals surface area contributed by atoms with Gasteiger partial charge in [-0.3, -0.25) is 4.79 Å². The van der Waals surface area contributed by atoms with Crippen molar-refractivity contribution in [2.45, 2.75) is 26.9 Å². The predicted molar refractivity (Wildman–Crippen MR) is 124 cm³/mol. The molecule has 2 aromatic carbocycles. The smallest absolute Gasteiger partial charge is 0.248 e. The molecule has 5 rings (SSSR count). The minimum Gasteiger partial charge on any atom is -0.366 e. The SMILES string of the molecule is Cc1ccc(-c2ccc(-c3nc4c([nH]3)CN(Cc3cccc(=O)[nH]3)C=C4)c(C)c2)cc1. The van der Waals surface area contributed by atoms with E-state index < -0.39 is 0 Å². The Morgan fingerprint density at radius 1 is 0.968 bits per heavy atom. The molecule has 0 radical (unpaired) electrons. The van der Waals surface area contributed by atoms with Gasteiger partial charge in [0, 0.05) is 23.5 Å². The summed E-state index contributed by atoms with van der Waals surface area (Å²) in [4.78, 5) is 24.9. The van der Waals surface area contributed by atoms with E-state index in [-0.39, 0.29) is 5.56 Å². The van der Waals surface area contributed by atoms with Crippen LogP contribution in [0.25, 0.3) is 28.6 Å². The second-order valence-electron chi connectivity index (χ2n) is 8.11. The monoisotopic (exact) mass is 408 g/mol. The maximum Gasteiger partial charge on any atom is 0.248 e. The van der Waals surface area contributed by atoms with Crippen LogP contribution in [0.1, 0.15) is 28.2 Å². The van der Waals surface area contributed by atoms with Crippen LogP contribution in [0.15, 0.2) is 71.7 Å². The first kappa shape index (κ1) is 19.1. The third kappa shape index (κ3) is 3.94. The third-order valence-corrected chi connectivity index (χ3v) is 5.68. The van der Waals surface area contributed by atoms with Crippen molar-refractivity contribution in [3.8, 4) is 22.5 Å². The van der Waals surface area contributed by atoms with Crippen LogP contribution in [0.5, 0.6) is 0 Å². The fourth-order valence-corrected chi connectivity index (χ4v) is 4.01. The summed E-state index contributed by atoms with van der Waals surface area (Å²) < 4.78 is 0. The number of rotatable bonds is 4. The molecule has 1 aliphatic rings. The van der Waals surface area contributed by atoms with E-state index in [2.05, 4.69) is 71.2 Å². The number of H-pyrrole nitrogens is 2. The summed E-state index contributed by atoms with van der Waals surface area (Å²) in [5, 5.41) is 0. The number of aryl methyl sites for hydroxylation is 2.